The van der Waals surface area contributed by atoms with Crippen molar-refractivity contribution >= 4 is 21.8 Å². The van der Waals surface area contributed by atoms with Gasteiger partial charge in [-0.1, -0.05) is 17.7 Å². The van der Waals surface area contributed by atoms with E-state index < -0.39 is 22.1 Å². The van der Waals surface area contributed by atoms with Crippen molar-refractivity contribution in [1.82, 2.24) is 4.98 Å². The molecule has 0 saturated carbocycles. The monoisotopic (exact) mass is 424 g/mol. The second-order valence-corrected chi connectivity index (χ2v) is 8.17. The van der Waals surface area contributed by atoms with Crippen LogP contribution < -0.4 is 4.72 Å². The molecule has 0 atom stereocenters. The maximum Gasteiger partial charge on any atom is 0.339 e. The van der Waals surface area contributed by atoms with Gasteiger partial charge in [0.25, 0.3) is 16.1 Å². The molecule has 0 aliphatic heterocycles. The SMILES string of the molecule is CC(CCCCOC(=O)c1ccc(NS(=O)(=O)c2ccc(C)cc2)nc1)=C(F)F. The van der Waals surface area contributed by atoms with Crippen molar-refractivity contribution in [3.8, 4) is 0 Å². The number of esters is 1. The van der Waals surface area contributed by atoms with E-state index in [-0.39, 0.29) is 34.9 Å². The largest absolute Gasteiger partial charge is 0.462 e. The molecule has 2 aromatic rings. The average molecular weight is 424 g/mol. The summed E-state index contributed by atoms with van der Waals surface area (Å²) in [5, 5.41) is 0. The number of unbranched alkanes of at least 4 members (excludes halogenated alkanes) is 1. The standard InChI is InChI=1S/C20H22F2N2O4S/c1-14-6-9-17(10-7-14)29(26,27)24-18-11-8-16(13-23-18)20(25)28-12-4-3-5-15(2)19(21)22/h6-11,13H,3-5,12H2,1-2H3,(H,23,24). The molecule has 29 heavy (non-hydrogen) atoms. The van der Waals surface area contributed by atoms with Crippen molar-refractivity contribution in [3.05, 3.63) is 65.4 Å². The number of hydrogen-bond acceptors (Lipinski definition) is 5. The summed E-state index contributed by atoms with van der Waals surface area (Å²) in [6.07, 6.45) is 0.719. The first-order chi connectivity index (χ1) is 13.7. The van der Waals surface area contributed by atoms with Gasteiger partial charge in [-0.2, -0.15) is 8.78 Å². The predicted octanol–water partition coefficient (Wildman–Crippen LogP) is 4.69. The number of nitrogens with one attached hydrogen (secondary N) is 1. The minimum Gasteiger partial charge on any atom is -0.462 e. The van der Waals surface area contributed by atoms with E-state index in [0.29, 0.717) is 12.8 Å². The number of carbonyl (C=O) groups excluding carboxylic acids is 1. The van der Waals surface area contributed by atoms with Crippen LogP contribution >= 0.6 is 0 Å². The van der Waals surface area contributed by atoms with Crippen LogP contribution in [0.4, 0.5) is 14.6 Å². The lowest BCUT2D eigenvalue weighted by molar-refractivity contribution is 0.0498. The molecule has 156 valence electrons. The third-order valence-electron chi connectivity index (χ3n) is 4.07. The molecule has 0 amide bonds. The quantitative estimate of drug-likeness (QED) is 0.466. The number of ether oxygens (including phenoxy) is 1. The fraction of sp³-hybridized carbons (Fsp3) is 0.300. The third-order valence-corrected chi connectivity index (χ3v) is 5.44. The van der Waals surface area contributed by atoms with Crippen LogP contribution in [0.15, 0.2) is 59.1 Å². The Hall–Kier alpha value is -2.81. The molecule has 1 aromatic heterocycles. The molecule has 0 unspecified atom stereocenters. The maximum atomic E-state index is 12.3. The number of aryl methyl sites for hydroxylation is 1. The second-order valence-electron chi connectivity index (χ2n) is 6.48. The number of rotatable bonds is 9. The van der Waals surface area contributed by atoms with Gasteiger partial charge in [0.15, 0.2) is 0 Å². The Bertz CT molecular complexity index is 969. The van der Waals surface area contributed by atoms with Crippen LogP contribution in [0.3, 0.4) is 0 Å². The minimum absolute atomic E-state index is 0.0317. The van der Waals surface area contributed by atoms with E-state index in [1.54, 1.807) is 12.1 Å². The number of halogens is 2. The van der Waals surface area contributed by atoms with Crippen molar-refractivity contribution in [1.29, 1.82) is 0 Å². The van der Waals surface area contributed by atoms with Crippen molar-refractivity contribution in [2.75, 3.05) is 11.3 Å². The Morgan fingerprint density at radius 3 is 2.38 bits per heavy atom. The molecule has 2 rings (SSSR count). The maximum absolute atomic E-state index is 12.3. The van der Waals surface area contributed by atoms with Crippen molar-refractivity contribution in [2.45, 2.75) is 38.0 Å². The molecule has 0 fully saturated rings. The molecule has 9 heteroatoms. The smallest absolute Gasteiger partial charge is 0.339 e. The molecular weight excluding hydrogens is 402 g/mol. The lowest BCUT2D eigenvalue weighted by Gasteiger charge is -2.08. The van der Waals surface area contributed by atoms with E-state index in [0.717, 1.165) is 5.56 Å². The highest BCUT2D eigenvalue weighted by Crippen LogP contribution is 2.16. The number of allylic oxidation sites excluding steroid dienone is 1. The molecule has 0 aliphatic carbocycles. The summed E-state index contributed by atoms with van der Waals surface area (Å²) in [5.41, 5.74) is 1.13. The van der Waals surface area contributed by atoms with Gasteiger partial charge in [-0.25, -0.2) is 18.2 Å². The first-order valence-corrected chi connectivity index (χ1v) is 10.4. The third kappa shape index (κ3) is 6.94. The van der Waals surface area contributed by atoms with Gasteiger partial charge in [-0.3, -0.25) is 4.72 Å². The summed E-state index contributed by atoms with van der Waals surface area (Å²) < 4.78 is 56.6. The summed E-state index contributed by atoms with van der Waals surface area (Å²) in [4.78, 5) is 16.0. The zero-order chi connectivity index (χ0) is 21.4. The normalized spacial score (nSPS) is 11.0. The van der Waals surface area contributed by atoms with E-state index in [4.69, 9.17) is 4.74 Å². The Balaban J connectivity index is 1.87. The van der Waals surface area contributed by atoms with E-state index >= 15 is 0 Å². The van der Waals surface area contributed by atoms with Crippen LogP contribution in [0.5, 0.6) is 0 Å². The van der Waals surface area contributed by atoms with Gasteiger partial charge < -0.3 is 4.74 Å². The molecule has 0 aliphatic rings. The van der Waals surface area contributed by atoms with Crippen LogP contribution in [0.2, 0.25) is 0 Å². The van der Waals surface area contributed by atoms with E-state index in [1.165, 1.54) is 37.4 Å². The van der Waals surface area contributed by atoms with Crippen LogP contribution in [-0.4, -0.2) is 26.0 Å². The van der Waals surface area contributed by atoms with Gasteiger partial charge in [0.2, 0.25) is 0 Å². The van der Waals surface area contributed by atoms with Gasteiger partial charge in [0, 0.05) is 6.20 Å². The number of carbonyl (C=O) groups is 1. The molecule has 0 saturated heterocycles. The van der Waals surface area contributed by atoms with Crippen LogP contribution in [-0.2, 0) is 14.8 Å². The first-order valence-electron chi connectivity index (χ1n) is 8.92. The highest BCUT2D eigenvalue weighted by atomic mass is 32.2. The zero-order valence-electron chi connectivity index (χ0n) is 16.1. The van der Waals surface area contributed by atoms with Crippen LogP contribution in [0, 0.1) is 6.92 Å². The lowest BCUT2D eigenvalue weighted by Crippen LogP contribution is -2.14. The number of benzene rings is 1. The Morgan fingerprint density at radius 2 is 1.79 bits per heavy atom. The molecule has 0 spiro atoms. The van der Waals surface area contributed by atoms with E-state index in [9.17, 15) is 22.0 Å². The summed E-state index contributed by atoms with van der Waals surface area (Å²) in [6, 6.07) is 9.11. The molecule has 6 nitrogen and oxygen atoms in total. The molecule has 1 heterocycles. The summed E-state index contributed by atoms with van der Waals surface area (Å²) in [7, 11) is -3.78. The molecule has 0 radical (unpaired) electrons. The Morgan fingerprint density at radius 1 is 1.10 bits per heavy atom. The molecular formula is C20H22F2N2O4S. The molecule has 1 N–H and O–H groups in total. The number of anilines is 1. The Labute approximate surface area is 168 Å². The average Bonchev–Trinajstić information content (AvgIpc) is 2.68. The van der Waals surface area contributed by atoms with Gasteiger partial charge >= 0.3 is 5.97 Å². The highest BCUT2D eigenvalue weighted by molar-refractivity contribution is 7.92. The van der Waals surface area contributed by atoms with Crippen LogP contribution in [0.1, 0.15) is 42.1 Å². The second kappa shape index (κ2) is 10.1. The van der Waals surface area contributed by atoms with Crippen molar-refractivity contribution < 1.29 is 26.7 Å². The summed E-state index contributed by atoms with van der Waals surface area (Å²) in [6.45, 7) is 3.31. The van der Waals surface area contributed by atoms with Gasteiger partial charge in [0.1, 0.15) is 5.82 Å². The van der Waals surface area contributed by atoms with E-state index in [1.807, 2.05) is 6.92 Å². The van der Waals surface area contributed by atoms with Gasteiger partial charge in [-0.05, 0) is 62.9 Å². The topological polar surface area (TPSA) is 85.4 Å². The molecule has 0 bridgehead atoms. The first kappa shape index (κ1) is 22.5. The van der Waals surface area contributed by atoms with E-state index in [2.05, 4.69) is 9.71 Å². The van der Waals surface area contributed by atoms with Gasteiger partial charge in [-0.15, -0.1) is 0 Å². The summed E-state index contributed by atoms with van der Waals surface area (Å²) in [5.74, 6) is -0.549. The van der Waals surface area contributed by atoms with Crippen molar-refractivity contribution in [2.24, 2.45) is 0 Å². The fourth-order valence-electron chi connectivity index (χ4n) is 2.32. The zero-order valence-corrected chi connectivity index (χ0v) is 16.9. The molecule has 1 aromatic carbocycles. The Kier molecular flexibility index (Phi) is 7.83. The van der Waals surface area contributed by atoms with Gasteiger partial charge in [0.05, 0.1) is 17.1 Å². The predicted molar refractivity (Wildman–Crippen MR) is 105 cm³/mol. The number of pyridine rings is 1. The van der Waals surface area contributed by atoms with Crippen LogP contribution in [0.25, 0.3) is 0 Å². The highest BCUT2D eigenvalue weighted by Gasteiger charge is 2.15. The van der Waals surface area contributed by atoms with Crippen molar-refractivity contribution in [3.63, 3.8) is 0 Å². The fourth-order valence-corrected chi connectivity index (χ4v) is 3.33. The lowest BCUT2D eigenvalue weighted by atomic mass is 10.1. The number of aromatic nitrogens is 1. The number of sulfonamides is 1. The summed E-state index contributed by atoms with van der Waals surface area (Å²) >= 11 is 0. The number of hydrogen-bond donors (Lipinski definition) is 1. The minimum atomic E-state index is -3.78. The number of nitrogens with zero attached hydrogens (tertiary/aromatic N) is 1.